The Morgan fingerprint density at radius 2 is 1.84 bits per heavy atom. The molecule has 6 heteroatoms. The Hall–Kier alpha value is -2.11. The van der Waals surface area contributed by atoms with Gasteiger partial charge in [0.2, 0.25) is 0 Å². The highest BCUT2D eigenvalue weighted by atomic mass is 35.5. The van der Waals surface area contributed by atoms with Crippen molar-refractivity contribution in [3.05, 3.63) is 68.6 Å². The van der Waals surface area contributed by atoms with E-state index in [1.54, 1.807) is 12.1 Å². The van der Waals surface area contributed by atoms with Crippen LogP contribution in [0.25, 0.3) is 0 Å². The summed E-state index contributed by atoms with van der Waals surface area (Å²) in [5.41, 5.74) is 4.46. The van der Waals surface area contributed by atoms with Crippen molar-refractivity contribution in [3.8, 4) is 0 Å². The normalized spacial score (nSPS) is 16.5. The van der Waals surface area contributed by atoms with Crippen LogP contribution in [0.3, 0.4) is 0 Å². The molecule has 0 radical (unpaired) electrons. The lowest BCUT2D eigenvalue weighted by molar-refractivity contribution is 0.0697. The van der Waals surface area contributed by atoms with Crippen LogP contribution < -0.4 is 5.56 Å². The minimum Gasteiger partial charge on any atom is -0.478 e. The van der Waals surface area contributed by atoms with Crippen molar-refractivity contribution in [3.63, 3.8) is 0 Å². The van der Waals surface area contributed by atoms with Gasteiger partial charge < -0.3 is 9.67 Å². The Labute approximate surface area is 191 Å². The number of likely N-dealkylation sites (tertiary alicyclic amines) is 1. The number of rotatable bonds is 8. The summed E-state index contributed by atoms with van der Waals surface area (Å²) >= 11 is 0. The van der Waals surface area contributed by atoms with E-state index in [2.05, 4.69) is 25.7 Å². The van der Waals surface area contributed by atoms with Crippen molar-refractivity contribution in [1.82, 2.24) is 9.47 Å². The summed E-state index contributed by atoms with van der Waals surface area (Å²) in [6, 6.07) is 9.56. The third kappa shape index (κ3) is 6.20. The van der Waals surface area contributed by atoms with Gasteiger partial charge in [-0.2, -0.15) is 0 Å². The third-order valence-corrected chi connectivity index (χ3v) is 6.22. The van der Waals surface area contributed by atoms with Gasteiger partial charge in [0.15, 0.2) is 0 Å². The topological polar surface area (TPSA) is 62.5 Å². The molecule has 1 atom stereocenters. The molecule has 1 aromatic heterocycles. The summed E-state index contributed by atoms with van der Waals surface area (Å²) in [5, 5.41) is 9.08. The van der Waals surface area contributed by atoms with Crippen LogP contribution in [0.4, 0.5) is 0 Å². The fourth-order valence-corrected chi connectivity index (χ4v) is 4.63. The van der Waals surface area contributed by atoms with Crippen LogP contribution in [0, 0.1) is 19.8 Å². The maximum Gasteiger partial charge on any atom is 0.335 e. The van der Waals surface area contributed by atoms with Crippen LogP contribution >= 0.6 is 12.4 Å². The van der Waals surface area contributed by atoms with E-state index in [9.17, 15) is 9.59 Å². The second-order valence-electron chi connectivity index (χ2n) is 9.06. The number of halogens is 1. The molecule has 2 heterocycles. The molecule has 31 heavy (non-hydrogen) atoms. The van der Waals surface area contributed by atoms with Gasteiger partial charge in [-0.15, -0.1) is 12.4 Å². The number of carboxylic acids is 1. The van der Waals surface area contributed by atoms with Crippen LogP contribution in [0.15, 0.2) is 35.1 Å². The Kier molecular flexibility index (Phi) is 8.90. The van der Waals surface area contributed by atoms with Crippen molar-refractivity contribution in [2.45, 2.75) is 72.5 Å². The Balaban J connectivity index is 0.00000341. The maximum absolute atomic E-state index is 13.0. The SMILES string of the molecule is Cc1cc(C)c(=O)n(CCc2ccc(C(=O)O)cc2)c1CN1CCC[C@@H]1CC(C)C.Cl. The summed E-state index contributed by atoms with van der Waals surface area (Å²) < 4.78 is 1.94. The molecule has 1 aliphatic heterocycles. The van der Waals surface area contributed by atoms with Gasteiger partial charge in [0, 0.05) is 30.4 Å². The monoisotopic (exact) mass is 446 g/mol. The predicted octanol–water partition coefficient (Wildman–Crippen LogP) is 4.84. The minimum atomic E-state index is -0.920. The first-order chi connectivity index (χ1) is 14.3. The molecule has 0 amide bonds. The molecule has 0 aliphatic carbocycles. The number of nitrogens with zero attached hydrogens (tertiary/aromatic N) is 2. The molecule has 1 aromatic carbocycles. The first kappa shape index (κ1) is 25.2. The average Bonchev–Trinajstić information content (AvgIpc) is 3.12. The number of hydrogen-bond acceptors (Lipinski definition) is 3. The van der Waals surface area contributed by atoms with Gasteiger partial charge in [-0.25, -0.2) is 4.79 Å². The van der Waals surface area contributed by atoms with Gasteiger partial charge in [0.25, 0.3) is 5.56 Å². The summed E-state index contributed by atoms with van der Waals surface area (Å²) in [6.45, 7) is 11.1. The molecule has 1 aliphatic rings. The molecule has 170 valence electrons. The molecule has 0 saturated carbocycles. The fraction of sp³-hybridized carbons (Fsp3) is 0.520. The van der Waals surface area contributed by atoms with E-state index in [1.165, 1.54) is 24.8 Å². The molecule has 0 spiro atoms. The molecular formula is C25H35ClN2O3. The van der Waals surface area contributed by atoms with Crippen molar-refractivity contribution < 1.29 is 9.90 Å². The maximum atomic E-state index is 13.0. The number of hydrogen-bond donors (Lipinski definition) is 1. The predicted molar refractivity (Wildman–Crippen MR) is 127 cm³/mol. The zero-order chi connectivity index (χ0) is 21.8. The standard InChI is InChI=1S/C25H34N2O3.ClH/c1-17(2)14-22-6-5-12-26(22)16-23-18(3)15-19(4)24(28)27(23)13-11-20-7-9-21(10-8-20)25(29)30;/h7-10,15,17,22H,5-6,11-14,16H2,1-4H3,(H,29,30);1H/t22-;/m1./s1. The molecule has 1 saturated heterocycles. The molecule has 2 aromatic rings. The van der Waals surface area contributed by atoms with Crippen LogP contribution in [0.5, 0.6) is 0 Å². The second-order valence-corrected chi connectivity index (χ2v) is 9.06. The van der Waals surface area contributed by atoms with Gasteiger partial charge in [-0.1, -0.05) is 26.0 Å². The number of pyridine rings is 1. The third-order valence-electron chi connectivity index (χ3n) is 6.22. The average molecular weight is 447 g/mol. The van der Waals surface area contributed by atoms with E-state index in [0.717, 1.165) is 29.9 Å². The Morgan fingerprint density at radius 3 is 2.45 bits per heavy atom. The van der Waals surface area contributed by atoms with Gasteiger partial charge in [-0.3, -0.25) is 9.69 Å². The highest BCUT2D eigenvalue weighted by molar-refractivity contribution is 5.87. The number of aryl methyl sites for hydroxylation is 3. The fourth-order valence-electron chi connectivity index (χ4n) is 4.63. The van der Waals surface area contributed by atoms with Gasteiger partial charge in [-0.05, 0) is 81.3 Å². The van der Waals surface area contributed by atoms with Crippen molar-refractivity contribution in [2.24, 2.45) is 5.92 Å². The second kappa shape index (κ2) is 11.0. The molecule has 5 nitrogen and oxygen atoms in total. The Morgan fingerprint density at radius 1 is 1.16 bits per heavy atom. The molecular weight excluding hydrogens is 412 g/mol. The van der Waals surface area contributed by atoms with Crippen LogP contribution in [0.1, 0.15) is 65.9 Å². The van der Waals surface area contributed by atoms with Crippen molar-refractivity contribution in [2.75, 3.05) is 6.54 Å². The lowest BCUT2D eigenvalue weighted by Gasteiger charge is -2.28. The largest absolute Gasteiger partial charge is 0.478 e. The van der Waals surface area contributed by atoms with Crippen molar-refractivity contribution >= 4 is 18.4 Å². The summed E-state index contributed by atoms with van der Waals surface area (Å²) in [4.78, 5) is 26.6. The number of benzene rings is 1. The molecule has 0 unspecified atom stereocenters. The summed E-state index contributed by atoms with van der Waals surface area (Å²) in [6.07, 6.45) is 4.36. The van der Waals surface area contributed by atoms with Crippen LogP contribution in [-0.2, 0) is 19.5 Å². The summed E-state index contributed by atoms with van der Waals surface area (Å²) in [7, 11) is 0. The minimum absolute atomic E-state index is 0. The van der Waals surface area contributed by atoms with Crippen LogP contribution in [-0.4, -0.2) is 33.1 Å². The zero-order valence-electron chi connectivity index (χ0n) is 19.1. The Bertz CT molecular complexity index is 950. The highest BCUT2D eigenvalue weighted by Crippen LogP contribution is 2.26. The summed E-state index contributed by atoms with van der Waals surface area (Å²) in [5.74, 6) is -0.249. The smallest absolute Gasteiger partial charge is 0.335 e. The van der Waals surface area contributed by atoms with Crippen LogP contribution in [0.2, 0.25) is 0 Å². The lowest BCUT2D eigenvalue weighted by atomic mass is 10.0. The first-order valence-electron chi connectivity index (χ1n) is 11.0. The molecule has 1 N–H and O–H groups in total. The number of carbonyl (C=O) groups is 1. The quantitative estimate of drug-likeness (QED) is 0.630. The van der Waals surface area contributed by atoms with E-state index >= 15 is 0 Å². The van der Waals surface area contributed by atoms with Gasteiger partial charge >= 0.3 is 5.97 Å². The van der Waals surface area contributed by atoms with Gasteiger partial charge in [0.05, 0.1) is 5.56 Å². The highest BCUT2D eigenvalue weighted by Gasteiger charge is 2.26. The first-order valence-corrected chi connectivity index (χ1v) is 11.0. The van der Waals surface area contributed by atoms with E-state index in [1.807, 2.05) is 29.7 Å². The molecule has 1 fully saturated rings. The molecule has 0 bridgehead atoms. The number of carboxylic acid groups (broad SMARTS) is 1. The number of aromatic nitrogens is 1. The van der Waals surface area contributed by atoms with E-state index in [-0.39, 0.29) is 23.5 Å². The van der Waals surface area contributed by atoms with E-state index < -0.39 is 5.97 Å². The zero-order valence-corrected chi connectivity index (χ0v) is 19.9. The van der Waals surface area contributed by atoms with Gasteiger partial charge in [0.1, 0.15) is 0 Å². The number of aromatic carboxylic acids is 1. The van der Waals surface area contributed by atoms with E-state index in [0.29, 0.717) is 24.9 Å². The molecule has 3 rings (SSSR count). The van der Waals surface area contributed by atoms with E-state index in [4.69, 9.17) is 5.11 Å². The van der Waals surface area contributed by atoms with Crippen molar-refractivity contribution in [1.29, 1.82) is 0 Å². The lowest BCUT2D eigenvalue weighted by Crippen LogP contribution is -2.35.